The second kappa shape index (κ2) is 9.33. The predicted octanol–water partition coefficient (Wildman–Crippen LogP) is 0.738. The lowest BCUT2D eigenvalue weighted by Gasteiger charge is -2.35. The molecule has 0 saturated carbocycles. The van der Waals surface area contributed by atoms with Crippen LogP contribution in [-0.2, 0) is 4.74 Å². The van der Waals surface area contributed by atoms with Crippen LogP contribution in [0.4, 0.5) is 4.79 Å². The van der Waals surface area contributed by atoms with Crippen molar-refractivity contribution in [2.45, 2.75) is 32.8 Å². The zero-order chi connectivity index (χ0) is 15.8. The standard InChI is InChI=1S/C16H32N4O2/c1-3-19-6-8-20(9-7-19)13-14(2)11-17-16(21)18-12-15-5-4-10-22-15/h14-15H,3-13H2,1-2H3,(H2,17,18,21)/t14-,15+/m1/s1. The van der Waals surface area contributed by atoms with Crippen molar-refractivity contribution in [2.24, 2.45) is 5.92 Å². The summed E-state index contributed by atoms with van der Waals surface area (Å²) in [7, 11) is 0. The van der Waals surface area contributed by atoms with Gasteiger partial charge < -0.3 is 25.2 Å². The van der Waals surface area contributed by atoms with E-state index >= 15 is 0 Å². The SMILES string of the molecule is CCN1CCN(C[C@H](C)CNC(=O)NC[C@@H]2CCCO2)CC1. The largest absolute Gasteiger partial charge is 0.376 e. The highest BCUT2D eigenvalue weighted by molar-refractivity contribution is 5.73. The number of carbonyl (C=O) groups excluding carboxylic acids is 1. The Morgan fingerprint density at radius 1 is 1.23 bits per heavy atom. The third-order valence-corrected chi connectivity index (χ3v) is 4.61. The maximum absolute atomic E-state index is 11.8. The lowest BCUT2D eigenvalue weighted by molar-refractivity contribution is 0.111. The lowest BCUT2D eigenvalue weighted by Crippen LogP contribution is -2.48. The number of rotatable bonds is 7. The van der Waals surface area contributed by atoms with Crippen molar-refractivity contribution >= 4 is 6.03 Å². The van der Waals surface area contributed by atoms with Crippen molar-refractivity contribution in [3.8, 4) is 0 Å². The van der Waals surface area contributed by atoms with Crippen LogP contribution in [0, 0.1) is 5.92 Å². The number of nitrogens with zero attached hydrogens (tertiary/aromatic N) is 2. The quantitative estimate of drug-likeness (QED) is 0.728. The van der Waals surface area contributed by atoms with Crippen molar-refractivity contribution in [3.63, 3.8) is 0 Å². The van der Waals surface area contributed by atoms with Crippen LogP contribution in [0.25, 0.3) is 0 Å². The molecule has 2 heterocycles. The Bertz CT molecular complexity index is 326. The van der Waals surface area contributed by atoms with Gasteiger partial charge in [0.15, 0.2) is 0 Å². The third kappa shape index (κ3) is 6.10. The molecule has 2 aliphatic rings. The second-order valence-electron chi connectivity index (χ2n) is 6.57. The fourth-order valence-corrected chi connectivity index (χ4v) is 3.13. The smallest absolute Gasteiger partial charge is 0.314 e. The Hall–Kier alpha value is -0.850. The zero-order valence-corrected chi connectivity index (χ0v) is 14.1. The number of amides is 2. The Morgan fingerprint density at radius 2 is 1.95 bits per heavy atom. The molecule has 0 radical (unpaired) electrons. The van der Waals surface area contributed by atoms with Gasteiger partial charge in [0.25, 0.3) is 0 Å². The van der Waals surface area contributed by atoms with E-state index in [1.807, 2.05) is 0 Å². The first kappa shape index (κ1) is 17.5. The first-order valence-electron chi connectivity index (χ1n) is 8.75. The van der Waals surface area contributed by atoms with Crippen molar-refractivity contribution in [1.82, 2.24) is 20.4 Å². The van der Waals surface area contributed by atoms with Crippen LogP contribution in [0.15, 0.2) is 0 Å². The number of hydrogen-bond donors (Lipinski definition) is 2. The van der Waals surface area contributed by atoms with Gasteiger partial charge in [-0.05, 0) is 25.3 Å². The van der Waals surface area contributed by atoms with Gasteiger partial charge in [0.1, 0.15) is 0 Å². The number of piperazine rings is 1. The van der Waals surface area contributed by atoms with E-state index in [9.17, 15) is 4.79 Å². The summed E-state index contributed by atoms with van der Waals surface area (Å²) in [6.07, 6.45) is 2.37. The van der Waals surface area contributed by atoms with Crippen molar-refractivity contribution in [1.29, 1.82) is 0 Å². The summed E-state index contributed by atoms with van der Waals surface area (Å²) in [5.41, 5.74) is 0. The monoisotopic (exact) mass is 312 g/mol. The molecule has 2 amide bonds. The summed E-state index contributed by atoms with van der Waals surface area (Å²) in [6.45, 7) is 13.4. The summed E-state index contributed by atoms with van der Waals surface area (Å²) in [5.74, 6) is 0.474. The molecule has 0 spiro atoms. The average molecular weight is 312 g/mol. The van der Waals surface area contributed by atoms with Gasteiger partial charge in [0, 0.05) is 52.4 Å². The van der Waals surface area contributed by atoms with Crippen LogP contribution < -0.4 is 10.6 Å². The van der Waals surface area contributed by atoms with Gasteiger partial charge in [-0.3, -0.25) is 0 Å². The van der Waals surface area contributed by atoms with Gasteiger partial charge in [0.2, 0.25) is 0 Å². The van der Waals surface area contributed by atoms with Gasteiger partial charge in [-0.1, -0.05) is 13.8 Å². The minimum atomic E-state index is -0.0712. The van der Waals surface area contributed by atoms with Gasteiger partial charge >= 0.3 is 6.03 Å². The molecule has 0 unspecified atom stereocenters. The van der Waals surface area contributed by atoms with E-state index in [4.69, 9.17) is 4.74 Å². The molecule has 6 heteroatoms. The van der Waals surface area contributed by atoms with Gasteiger partial charge in [0.05, 0.1) is 6.10 Å². The zero-order valence-electron chi connectivity index (χ0n) is 14.1. The van der Waals surface area contributed by atoms with Gasteiger partial charge in [-0.25, -0.2) is 4.79 Å². The summed E-state index contributed by atoms with van der Waals surface area (Å²) in [6, 6.07) is -0.0712. The molecule has 2 N–H and O–H groups in total. The average Bonchev–Trinajstić information content (AvgIpc) is 3.05. The minimum Gasteiger partial charge on any atom is -0.376 e. The van der Waals surface area contributed by atoms with E-state index < -0.39 is 0 Å². The van der Waals surface area contributed by atoms with Crippen LogP contribution in [-0.4, -0.2) is 80.9 Å². The molecule has 0 aromatic heterocycles. The molecule has 2 saturated heterocycles. The Labute approximate surface area is 134 Å². The molecule has 6 nitrogen and oxygen atoms in total. The maximum Gasteiger partial charge on any atom is 0.314 e. The van der Waals surface area contributed by atoms with Crippen LogP contribution in [0.1, 0.15) is 26.7 Å². The first-order chi connectivity index (χ1) is 10.7. The summed E-state index contributed by atoms with van der Waals surface area (Å²) >= 11 is 0. The third-order valence-electron chi connectivity index (χ3n) is 4.61. The Kier molecular flexibility index (Phi) is 7.42. The number of likely N-dealkylation sites (N-methyl/N-ethyl adjacent to an activating group) is 1. The first-order valence-corrected chi connectivity index (χ1v) is 8.75. The number of hydrogen-bond acceptors (Lipinski definition) is 4. The Balaban J connectivity index is 1.53. The van der Waals surface area contributed by atoms with Gasteiger partial charge in [-0.15, -0.1) is 0 Å². The molecule has 2 atom stereocenters. The van der Waals surface area contributed by atoms with E-state index in [1.54, 1.807) is 0 Å². The Morgan fingerprint density at radius 3 is 2.59 bits per heavy atom. The second-order valence-corrected chi connectivity index (χ2v) is 6.57. The highest BCUT2D eigenvalue weighted by atomic mass is 16.5. The van der Waals surface area contributed by atoms with Crippen molar-refractivity contribution in [2.75, 3.05) is 59.0 Å². The van der Waals surface area contributed by atoms with Crippen molar-refractivity contribution in [3.05, 3.63) is 0 Å². The van der Waals surface area contributed by atoms with Crippen LogP contribution in [0.2, 0.25) is 0 Å². The van der Waals surface area contributed by atoms with Crippen LogP contribution in [0.5, 0.6) is 0 Å². The molecule has 2 rings (SSSR count). The van der Waals surface area contributed by atoms with Crippen molar-refractivity contribution < 1.29 is 9.53 Å². The molecular weight excluding hydrogens is 280 g/mol. The molecule has 0 aromatic rings. The summed E-state index contributed by atoms with van der Waals surface area (Å²) in [4.78, 5) is 16.8. The summed E-state index contributed by atoms with van der Waals surface area (Å²) in [5, 5.41) is 5.87. The highest BCUT2D eigenvalue weighted by Crippen LogP contribution is 2.10. The van der Waals surface area contributed by atoms with Gasteiger partial charge in [-0.2, -0.15) is 0 Å². The highest BCUT2D eigenvalue weighted by Gasteiger charge is 2.18. The number of carbonyl (C=O) groups is 1. The van der Waals surface area contributed by atoms with E-state index in [2.05, 4.69) is 34.3 Å². The van der Waals surface area contributed by atoms with E-state index in [0.717, 1.165) is 52.2 Å². The lowest BCUT2D eigenvalue weighted by atomic mass is 10.1. The molecular formula is C16H32N4O2. The fraction of sp³-hybridized carbons (Fsp3) is 0.938. The molecule has 2 fully saturated rings. The van der Waals surface area contributed by atoms with E-state index in [-0.39, 0.29) is 12.1 Å². The number of urea groups is 1. The molecule has 2 aliphatic heterocycles. The molecule has 0 bridgehead atoms. The maximum atomic E-state index is 11.8. The summed E-state index contributed by atoms with van der Waals surface area (Å²) < 4.78 is 5.49. The molecule has 22 heavy (non-hydrogen) atoms. The van der Waals surface area contributed by atoms with Crippen LogP contribution in [0.3, 0.4) is 0 Å². The molecule has 0 aliphatic carbocycles. The van der Waals surface area contributed by atoms with E-state index in [0.29, 0.717) is 12.5 Å². The fourth-order valence-electron chi connectivity index (χ4n) is 3.13. The van der Waals surface area contributed by atoms with Crippen LogP contribution >= 0.6 is 0 Å². The number of ether oxygens (including phenoxy) is 1. The predicted molar refractivity (Wildman–Crippen MR) is 88.1 cm³/mol. The topological polar surface area (TPSA) is 56.8 Å². The van der Waals surface area contributed by atoms with E-state index in [1.165, 1.54) is 13.1 Å². The minimum absolute atomic E-state index is 0.0712. The molecule has 0 aromatic carbocycles. The molecule has 128 valence electrons. The number of nitrogens with one attached hydrogen (secondary N) is 2. The normalized spacial score (nSPS) is 25.1.